The minimum absolute atomic E-state index is 0.952. The highest BCUT2D eigenvalue weighted by Gasteiger charge is 2.01. The van der Waals surface area contributed by atoms with E-state index < -0.39 is 0 Å². The van der Waals surface area contributed by atoms with Crippen LogP contribution in [0.3, 0.4) is 0 Å². The van der Waals surface area contributed by atoms with Crippen molar-refractivity contribution in [2.45, 2.75) is 89.9 Å². The normalized spacial score (nSPS) is 12.0. The molecule has 0 saturated carbocycles. The minimum Gasteiger partial charge on any atom is -0.306 e. The average Bonchev–Trinajstić information content (AvgIpc) is 2.98. The van der Waals surface area contributed by atoms with Crippen LogP contribution in [0.5, 0.6) is 0 Å². The first-order chi connectivity index (χ1) is 19.7. The van der Waals surface area contributed by atoms with Gasteiger partial charge in [-0.3, -0.25) is 9.98 Å². The summed E-state index contributed by atoms with van der Waals surface area (Å²) in [6.07, 6.45) is 22.5. The van der Waals surface area contributed by atoms with Gasteiger partial charge in [-0.05, 0) is 89.9 Å². The van der Waals surface area contributed by atoms with Crippen LogP contribution in [0, 0.1) is 0 Å². The van der Waals surface area contributed by atoms with E-state index in [0.717, 1.165) is 13.1 Å². The molecular formula is C36H58N4. The van der Waals surface area contributed by atoms with Crippen molar-refractivity contribution in [1.82, 2.24) is 9.80 Å². The third-order valence-electron chi connectivity index (χ3n) is 7.56. The zero-order chi connectivity index (χ0) is 28.4. The van der Waals surface area contributed by atoms with Crippen molar-refractivity contribution >= 4 is 12.4 Å². The van der Waals surface area contributed by atoms with Gasteiger partial charge in [0.15, 0.2) is 0 Å². The summed E-state index contributed by atoms with van der Waals surface area (Å²) in [5.74, 6) is 0. The van der Waals surface area contributed by atoms with Gasteiger partial charge in [0.1, 0.15) is 0 Å². The van der Waals surface area contributed by atoms with Crippen molar-refractivity contribution in [3.63, 3.8) is 0 Å². The third kappa shape index (κ3) is 19.7. The Morgan fingerprint density at radius 2 is 0.725 bits per heavy atom. The van der Waals surface area contributed by atoms with Crippen molar-refractivity contribution in [3.8, 4) is 0 Å². The highest BCUT2D eigenvalue weighted by molar-refractivity contribution is 5.79. The molecular weight excluding hydrogens is 488 g/mol. The van der Waals surface area contributed by atoms with Gasteiger partial charge in [0.25, 0.3) is 0 Å². The number of hydrogen-bond donors (Lipinski definition) is 0. The largest absolute Gasteiger partial charge is 0.306 e. The summed E-state index contributed by atoms with van der Waals surface area (Å²) >= 11 is 0. The van der Waals surface area contributed by atoms with Crippen molar-refractivity contribution in [2.24, 2.45) is 9.98 Å². The second-order valence-corrected chi connectivity index (χ2v) is 11.4. The Morgan fingerprint density at radius 3 is 1.07 bits per heavy atom. The number of benzene rings is 2. The smallest absolute Gasteiger partial charge is 0.0389 e. The number of nitrogens with zero attached hydrogens (tertiary/aromatic N) is 4. The molecule has 0 saturated heterocycles. The lowest BCUT2D eigenvalue weighted by Crippen LogP contribution is -2.21. The van der Waals surface area contributed by atoms with E-state index in [1.54, 1.807) is 0 Å². The standard InChI is InChI=1S/C36H58N4/c1-39(31-21-9-5-17-27-37-33-35-23-13-11-14-24-35)29-19-7-3-4-8-20-30-40(2)32-22-10-6-18-28-38-34-36-25-15-12-16-26-36/h11-16,23-26,33-34H,3-10,17-22,27-32H2,1-2H3. The van der Waals surface area contributed by atoms with Crippen LogP contribution in [-0.2, 0) is 0 Å². The molecule has 0 aromatic heterocycles. The van der Waals surface area contributed by atoms with Crippen LogP contribution in [0.25, 0.3) is 0 Å². The Bertz CT molecular complexity index is 791. The maximum atomic E-state index is 4.55. The molecule has 0 spiro atoms. The van der Waals surface area contributed by atoms with Gasteiger partial charge in [-0.2, -0.15) is 0 Å². The van der Waals surface area contributed by atoms with Crippen LogP contribution < -0.4 is 0 Å². The lowest BCUT2D eigenvalue weighted by atomic mass is 10.1. The predicted molar refractivity (Wildman–Crippen MR) is 177 cm³/mol. The molecule has 0 aliphatic rings. The van der Waals surface area contributed by atoms with E-state index in [1.165, 1.54) is 127 Å². The van der Waals surface area contributed by atoms with Gasteiger partial charge in [0.05, 0.1) is 0 Å². The highest BCUT2D eigenvalue weighted by Crippen LogP contribution is 2.09. The Morgan fingerprint density at radius 1 is 0.425 bits per heavy atom. The van der Waals surface area contributed by atoms with Crippen molar-refractivity contribution in [3.05, 3.63) is 71.8 Å². The van der Waals surface area contributed by atoms with Gasteiger partial charge in [0.2, 0.25) is 0 Å². The molecule has 2 aromatic rings. The summed E-state index contributed by atoms with van der Waals surface area (Å²) in [5.41, 5.74) is 2.40. The molecule has 0 radical (unpaired) electrons. The first-order valence-electron chi connectivity index (χ1n) is 16.2. The molecule has 2 aromatic carbocycles. The number of unbranched alkanes of at least 4 members (excludes halogenated alkanes) is 11. The second kappa shape index (κ2) is 24.5. The van der Waals surface area contributed by atoms with Gasteiger partial charge in [-0.1, -0.05) is 112 Å². The van der Waals surface area contributed by atoms with E-state index in [1.807, 2.05) is 24.6 Å². The van der Waals surface area contributed by atoms with Gasteiger partial charge < -0.3 is 9.80 Å². The van der Waals surface area contributed by atoms with Crippen LogP contribution >= 0.6 is 0 Å². The number of rotatable bonds is 25. The molecule has 0 amide bonds. The average molecular weight is 547 g/mol. The molecule has 0 heterocycles. The molecule has 0 aliphatic heterocycles. The fourth-order valence-corrected chi connectivity index (χ4v) is 4.99. The summed E-state index contributed by atoms with van der Waals surface area (Å²) < 4.78 is 0. The molecule has 40 heavy (non-hydrogen) atoms. The summed E-state index contributed by atoms with van der Waals surface area (Å²) in [6, 6.07) is 20.8. The summed E-state index contributed by atoms with van der Waals surface area (Å²) in [6.45, 7) is 6.89. The van der Waals surface area contributed by atoms with Gasteiger partial charge in [0, 0.05) is 25.5 Å². The first kappa shape index (κ1) is 33.9. The maximum Gasteiger partial charge on any atom is 0.0389 e. The van der Waals surface area contributed by atoms with E-state index in [-0.39, 0.29) is 0 Å². The quantitative estimate of drug-likeness (QED) is 0.0923. The first-order valence-corrected chi connectivity index (χ1v) is 16.2. The van der Waals surface area contributed by atoms with E-state index >= 15 is 0 Å². The zero-order valence-corrected chi connectivity index (χ0v) is 25.9. The Labute approximate surface area is 247 Å². The molecule has 0 N–H and O–H groups in total. The van der Waals surface area contributed by atoms with Gasteiger partial charge in [-0.25, -0.2) is 0 Å². The van der Waals surface area contributed by atoms with E-state index in [9.17, 15) is 0 Å². The maximum absolute atomic E-state index is 4.55. The minimum atomic E-state index is 0.952. The van der Waals surface area contributed by atoms with Crippen molar-refractivity contribution in [2.75, 3.05) is 53.4 Å². The lowest BCUT2D eigenvalue weighted by Gasteiger charge is -2.17. The lowest BCUT2D eigenvalue weighted by molar-refractivity contribution is 0.309. The van der Waals surface area contributed by atoms with Crippen molar-refractivity contribution < 1.29 is 0 Å². The van der Waals surface area contributed by atoms with Crippen LogP contribution in [0.2, 0.25) is 0 Å². The molecule has 222 valence electrons. The van der Waals surface area contributed by atoms with E-state index in [2.05, 4.69) is 82.4 Å². The number of hydrogen-bond acceptors (Lipinski definition) is 4. The van der Waals surface area contributed by atoms with Crippen LogP contribution in [0.15, 0.2) is 70.6 Å². The summed E-state index contributed by atoms with van der Waals surface area (Å²) in [7, 11) is 4.58. The topological polar surface area (TPSA) is 31.2 Å². The Hall–Kier alpha value is -2.30. The zero-order valence-electron chi connectivity index (χ0n) is 25.9. The predicted octanol–water partition coefficient (Wildman–Crippen LogP) is 8.55. The fraction of sp³-hybridized carbons (Fsp3) is 0.611. The number of aliphatic imine (C=N–C) groups is 2. The van der Waals surface area contributed by atoms with Gasteiger partial charge in [-0.15, -0.1) is 0 Å². The summed E-state index contributed by atoms with van der Waals surface area (Å²) in [5, 5.41) is 0. The molecule has 4 heteroatoms. The SMILES string of the molecule is CN(CCCCCCCCN(C)CCCCCCN=Cc1ccccc1)CCCCCCN=Cc1ccccc1. The van der Waals surface area contributed by atoms with Crippen molar-refractivity contribution in [1.29, 1.82) is 0 Å². The van der Waals surface area contributed by atoms with Crippen LogP contribution in [-0.4, -0.2) is 75.6 Å². The molecule has 2 rings (SSSR count). The fourth-order valence-electron chi connectivity index (χ4n) is 4.99. The molecule has 0 bridgehead atoms. The van der Waals surface area contributed by atoms with Crippen LogP contribution in [0.1, 0.15) is 101 Å². The molecule has 0 fully saturated rings. The second-order valence-electron chi connectivity index (χ2n) is 11.4. The molecule has 0 atom stereocenters. The van der Waals surface area contributed by atoms with Gasteiger partial charge >= 0.3 is 0 Å². The van der Waals surface area contributed by atoms with E-state index in [4.69, 9.17) is 0 Å². The van der Waals surface area contributed by atoms with E-state index in [0.29, 0.717) is 0 Å². The molecule has 4 nitrogen and oxygen atoms in total. The molecule has 0 unspecified atom stereocenters. The molecule has 0 aliphatic carbocycles. The van der Waals surface area contributed by atoms with Crippen LogP contribution in [0.4, 0.5) is 0 Å². The summed E-state index contributed by atoms with van der Waals surface area (Å²) in [4.78, 5) is 14.2. The Kier molecular flexibility index (Phi) is 20.8. The monoisotopic (exact) mass is 546 g/mol. The third-order valence-corrected chi connectivity index (χ3v) is 7.56. The highest BCUT2D eigenvalue weighted by atomic mass is 15.1. The Balaban J connectivity index is 1.27.